The van der Waals surface area contributed by atoms with E-state index >= 15 is 0 Å². The van der Waals surface area contributed by atoms with Crippen LogP contribution in [0.2, 0.25) is 0 Å². The summed E-state index contributed by atoms with van der Waals surface area (Å²) in [6.07, 6.45) is 0. The summed E-state index contributed by atoms with van der Waals surface area (Å²) in [4.78, 5) is 9.60. The Morgan fingerprint density at radius 1 is 1.83 bits per heavy atom. The van der Waals surface area contributed by atoms with Crippen molar-refractivity contribution >= 4 is 5.97 Å². The number of rotatable bonds is 1. The lowest BCUT2D eigenvalue weighted by Crippen LogP contribution is -1.92. The number of hydrogen-bond acceptors (Lipinski definition) is 1. The van der Waals surface area contributed by atoms with Crippen LogP contribution in [0.25, 0.3) is 0 Å². The highest BCUT2D eigenvalue weighted by Crippen LogP contribution is 1.81. The van der Waals surface area contributed by atoms with Crippen LogP contribution in [0.5, 0.6) is 0 Å². The van der Waals surface area contributed by atoms with Crippen LogP contribution in [-0.4, -0.2) is 11.1 Å². The van der Waals surface area contributed by atoms with Crippen LogP contribution >= 0.6 is 0 Å². The molecule has 1 N–H and O–H groups in total. The lowest BCUT2D eigenvalue weighted by Gasteiger charge is -1.79. The Kier molecular flexibility index (Phi) is 1.39. The van der Waals surface area contributed by atoms with Gasteiger partial charge in [-0.25, -0.2) is 4.79 Å². The van der Waals surface area contributed by atoms with Crippen molar-refractivity contribution in [1.82, 2.24) is 0 Å². The molecule has 0 atom stereocenters. The van der Waals surface area contributed by atoms with Crippen molar-refractivity contribution in [2.45, 2.75) is 6.92 Å². The summed E-state index contributed by atoms with van der Waals surface area (Å²) < 4.78 is 0. The van der Waals surface area contributed by atoms with Crippen molar-refractivity contribution in [3.63, 3.8) is 0 Å². The molecule has 0 saturated heterocycles. The average Bonchev–Trinajstić information content (AvgIpc) is 1.36. The summed E-state index contributed by atoms with van der Waals surface area (Å²) in [5, 5.41) is 7.89. The quantitative estimate of drug-likeness (QED) is 0.376. The highest BCUT2D eigenvalue weighted by molar-refractivity contribution is 5.84. The van der Waals surface area contributed by atoms with Crippen molar-refractivity contribution in [3.05, 3.63) is 12.2 Å². The fraction of sp³-hybridized carbons (Fsp3) is 0.250. The van der Waals surface area contributed by atoms with Gasteiger partial charge in [0.25, 0.3) is 0 Å². The van der Waals surface area contributed by atoms with Gasteiger partial charge >= 0.3 is 5.97 Å². The van der Waals surface area contributed by atoms with E-state index in [4.69, 9.17) is 5.11 Å². The summed E-state index contributed by atoms with van der Waals surface area (Å²) in [5.74, 6) is -0.935. The SMILES string of the molecule is C=C(C)[13C](=O)O. The summed E-state index contributed by atoms with van der Waals surface area (Å²) in [7, 11) is 0. The normalized spacial score (nSPS) is 7.50. The van der Waals surface area contributed by atoms with Gasteiger partial charge in [-0.05, 0) is 6.92 Å². The number of carboxylic acids is 1. The molecule has 0 fully saturated rings. The van der Waals surface area contributed by atoms with Crippen molar-refractivity contribution in [2.24, 2.45) is 0 Å². The molecule has 0 amide bonds. The van der Waals surface area contributed by atoms with Gasteiger partial charge < -0.3 is 5.11 Å². The van der Waals surface area contributed by atoms with E-state index in [1.807, 2.05) is 0 Å². The number of hydrogen-bond donors (Lipinski definition) is 1. The van der Waals surface area contributed by atoms with E-state index in [-0.39, 0.29) is 5.57 Å². The van der Waals surface area contributed by atoms with Gasteiger partial charge in [-0.1, -0.05) is 6.58 Å². The molecule has 6 heavy (non-hydrogen) atoms. The first kappa shape index (κ1) is 5.21. The smallest absolute Gasteiger partial charge is 0.330 e. The molecule has 2 nitrogen and oxygen atoms in total. The molecule has 34 valence electrons. The topological polar surface area (TPSA) is 37.3 Å². The molecule has 0 spiro atoms. The van der Waals surface area contributed by atoms with Crippen molar-refractivity contribution in [1.29, 1.82) is 0 Å². The summed E-state index contributed by atoms with van der Waals surface area (Å²) in [6, 6.07) is 0. The largest absolute Gasteiger partial charge is 0.478 e. The van der Waals surface area contributed by atoms with Crippen molar-refractivity contribution in [3.8, 4) is 0 Å². The minimum Gasteiger partial charge on any atom is -0.478 e. The zero-order valence-electron chi connectivity index (χ0n) is 3.56. The Morgan fingerprint density at radius 3 is 2.00 bits per heavy atom. The van der Waals surface area contributed by atoms with Crippen LogP contribution in [0.15, 0.2) is 12.2 Å². The van der Waals surface area contributed by atoms with Gasteiger partial charge in [0.05, 0.1) is 0 Å². The van der Waals surface area contributed by atoms with Crippen molar-refractivity contribution < 1.29 is 9.90 Å². The molecule has 0 aliphatic rings. The highest BCUT2D eigenvalue weighted by Gasteiger charge is 1.90. The van der Waals surface area contributed by atoms with E-state index in [0.29, 0.717) is 0 Å². The average molecular weight is 87.1 g/mol. The maximum absolute atomic E-state index is 9.60. The molecule has 0 bridgehead atoms. The first-order valence-electron chi connectivity index (χ1n) is 1.53. The summed E-state index contributed by atoms with van der Waals surface area (Å²) >= 11 is 0. The molecule has 0 saturated carbocycles. The molecular formula is C4H6O2. The van der Waals surface area contributed by atoms with Gasteiger partial charge in [-0.15, -0.1) is 0 Å². The van der Waals surface area contributed by atoms with Gasteiger partial charge in [0.1, 0.15) is 0 Å². The number of carboxylic acid groups (broad SMARTS) is 1. The molecule has 0 aromatic carbocycles. The zero-order chi connectivity index (χ0) is 5.15. The van der Waals surface area contributed by atoms with Crippen LogP contribution in [0.3, 0.4) is 0 Å². The van der Waals surface area contributed by atoms with Crippen LogP contribution in [0, 0.1) is 0 Å². The lowest BCUT2D eigenvalue weighted by molar-refractivity contribution is -0.132. The van der Waals surface area contributed by atoms with Gasteiger partial charge in [-0.3, -0.25) is 0 Å². The molecular weight excluding hydrogens is 81.0 g/mol. The second-order valence-electron chi connectivity index (χ2n) is 1.09. The van der Waals surface area contributed by atoms with E-state index in [1.165, 1.54) is 6.92 Å². The molecule has 0 heterocycles. The highest BCUT2D eigenvalue weighted by atomic mass is 16.5. The Hall–Kier alpha value is -0.790. The monoisotopic (exact) mass is 87.0 g/mol. The predicted octanol–water partition coefficient (Wildman–Crippen LogP) is 0.647. The van der Waals surface area contributed by atoms with Gasteiger partial charge in [0.15, 0.2) is 0 Å². The molecule has 0 radical (unpaired) electrons. The van der Waals surface area contributed by atoms with Gasteiger partial charge in [0, 0.05) is 5.57 Å². The maximum Gasteiger partial charge on any atom is 0.330 e. The Balaban J connectivity index is 3.57. The second kappa shape index (κ2) is 1.60. The fourth-order valence-electron chi connectivity index (χ4n) is 0. The van der Waals surface area contributed by atoms with Gasteiger partial charge in [-0.2, -0.15) is 0 Å². The van der Waals surface area contributed by atoms with Crippen LogP contribution in [0.1, 0.15) is 6.92 Å². The van der Waals surface area contributed by atoms with Crippen LogP contribution < -0.4 is 0 Å². The second-order valence-corrected chi connectivity index (χ2v) is 1.09. The number of carbonyl (C=O) groups is 1. The van der Waals surface area contributed by atoms with E-state index in [1.54, 1.807) is 0 Å². The minimum atomic E-state index is -0.935. The minimum absolute atomic E-state index is 0.176. The molecule has 0 unspecified atom stereocenters. The first-order valence-corrected chi connectivity index (χ1v) is 1.53. The molecule has 0 rings (SSSR count). The summed E-state index contributed by atoms with van der Waals surface area (Å²) in [6.45, 7) is 4.60. The van der Waals surface area contributed by atoms with E-state index in [9.17, 15) is 4.79 Å². The molecule has 0 aromatic heterocycles. The predicted molar refractivity (Wildman–Crippen MR) is 22.4 cm³/mol. The lowest BCUT2D eigenvalue weighted by atomic mass is 10.5. The number of aliphatic carboxylic acids is 1. The Morgan fingerprint density at radius 2 is 2.00 bits per heavy atom. The van der Waals surface area contributed by atoms with E-state index < -0.39 is 5.97 Å². The van der Waals surface area contributed by atoms with Crippen LogP contribution in [0.4, 0.5) is 0 Å². The van der Waals surface area contributed by atoms with E-state index in [0.717, 1.165) is 0 Å². The molecule has 2 heteroatoms. The third kappa shape index (κ3) is 1.52. The summed E-state index contributed by atoms with van der Waals surface area (Å²) in [5.41, 5.74) is 0.176. The molecule has 0 aliphatic heterocycles. The van der Waals surface area contributed by atoms with Crippen molar-refractivity contribution in [2.75, 3.05) is 0 Å². The zero-order valence-corrected chi connectivity index (χ0v) is 3.56. The standard InChI is InChI=1S/C4H6O2/c1-3(2)4(5)6/h1H2,2H3,(H,5,6)/i4+1. The maximum atomic E-state index is 9.60. The fourth-order valence-corrected chi connectivity index (χ4v) is 0. The van der Waals surface area contributed by atoms with E-state index in [2.05, 4.69) is 6.58 Å². The third-order valence-corrected chi connectivity index (χ3v) is 0.365. The van der Waals surface area contributed by atoms with Gasteiger partial charge in [0.2, 0.25) is 0 Å². The first-order chi connectivity index (χ1) is 2.64. The van der Waals surface area contributed by atoms with Crippen LogP contribution in [-0.2, 0) is 4.79 Å². The Bertz CT molecular complexity index is 71.5. The Labute approximate surface area is 36.1 Å². The molecule has 0 aromatic rings. The third-order valence-electron chi connectivity index (χ3n) is 0.365. The molecule has 0 aliphatic carbocycles.